The van der Waals surface area contributed by atoms with E-state index in [0.29, 0.717) is 21.7 Å². The van der Waals surface area contributed by atoms with Gasteiger partial charge in [0, 0.05) is 21.5 Å². The van der Waals surface area contributed by atoms with E-state index in [9.17, 15) is 14.0 Å². The predicted octanol–water partition coefficient (Wildman–Crippen LogP) is 5.76. The number of benzene rings is 2. The lowest BCUT2D eigenvalue weighted by Crippen LogP contribution is -2.11. The molecular weight excluding hydrogens is 445 g/mol. The molecule has 0 fully saturated rings. The molecule has 0 saturated heterocycles. The summed E-state index contributed by atoms with van der Waals surface area (Å²) in [5.41, 5.74) is 2.51. The Labute approximate surface area is 173 Å². The molecule has 0 aliphatic carbocycles. The first kappa shape index (κ1) is 20.0. The summed E-state index contributed by atoms with van der Waals surface area (Å²) in [5, 5.41) is 4.92. The molecule has 3 rings (SSSR count). The van der Waals surface area contributed by atoms with E-state index < -0.39 is 11.9 Å². The van der Waals surface area contributed by atoms with Gasteiger partial charge in [0.05, 0.1) is 7.11 Å². The molecule has 0 unspecified atom stereocenters. The Bertz CT molecular complexity index is 1030. The van der Waals surface area contributed by atoms with Crippen LogP contribution >= 0.6 is 27.3 Å². The van der Waals surface area contributed by atoms with Gasteiger partial charge >= 0.3 is 5.97 Å². The van der Waals surface area contributed by atoms with Gasteiger partial charge in [0.15, 0.2) is 0 Å². The Hall–Kier alpha value is -2.77. The molecule has 0 bridgehead atoms. The van der Waals surface area contributed by atoms with Gasteiger partial charge in [-0.05, 0) is 41.5 Å². The van der Waals surface area contributed by atoms with Crippen LogP contribution in [0.3, 0.4) is 0 Å². The smallest absolute Gasteiger partial charge is 0.341 e. The number of nitrogens with one attached hydrogen (secondary N) is 1. The number of amides is 1. The quantitative estimate of drug-likeness (QED) is 0.390. The molecule has 0 aliphatic rings. The first-order chi connectivity index (χ1) is 13.5. The van der Waals surface area contributed by atoms with Crippen LogP contribution in [0.25, 0.3) is 17.2 Å². The fourth-order valence-electron chi connectivity index (χ4n) is 2.50. The number of carbonyl (C=O) groups is 2. The maximum absolute atomic E-state index is 12.9. The number of rotatable bonds is 5. The molecule has 1 amide bonds. The predicted molar refractivity (Wildman–Crippen MR) is 113 cm³/mol. The maximum Gasteiger partial charge on any atom is 0.341 e. The van der Waals surface area contributed by atoms with Crippen LogP contribution in [0.5, 0.6) is 0 Å². The highest BCUT2D eigenvalue weighted by Gasteiger charge is 2.21. The van der Waals surface area contributed by atoms with Gasteiger partial charge in [0.1, 0.15) is 16.4 Å². The van der Waals surface area contributed by atoms with E-state index in [0.717, 1.165) is 10.0 Å². The zero-order valence-corrected chi connectivity index (χ0v) is 17.1. The summed E-state index contributed by atoms with van der Waals surface area (Å²) in [6.45, 7) is 0. The molecule has 142 valence electrons. The second-order valence-electron chi connectivity index (χ2n) is 5.73. The lowest BCUT2D eigenvalue weighted by molar-refractivity contribution is -0.111. The molecule has 4 nitrogen and oxygen atoms in total. The molecule has 7 heteroatoms. The minimum Gasteiger partial charge on any atom is -0.465 e. The van der Waals surface area contributed by atoms with Gasteiger partial charge in [-0.3, -0.25) is 4.79 Å². The van der Waals surface area contributed by atoms with E-state index in [1.807, 2.05) is 24.3 Å². The second-order valence-corrected chi connectivity index (χ2v) is 7.52. The average molecular weight is 460 g/mol. The third-order valence-corrected chi connectivity index (χ3v) is 5.29. The first-order valence-electron chi connectivity index (χ1n) is 8.18. The van der Waals surface area contributed by atoms with Crippen LogP contribution in [0.4, 0.5) is 9.39 Å². The highest BCUT2D eigenvalue weighted by Crippen LogP contribution is 2.36. The van der Waals surface area contributed by atoms with Crippen molar-refractivity contribution in [1.29, 1.82) is 0 Å². The van der Waals surface area contributed by atoms with E-state index in [2.05, 4.69) is 21.2 Å². The standard InChI is InChI=1S/C21H15BrFNO3S/c1-27-21(26)19-17(14-5-7-15(22)8-6-14)12-28-20(19)24-18(25)11-4-13-2-9-16(23)10-3-13/h2-12H,1H3,(H,24,25). The van der Waals surface area contributed by atoms with Crippen LogP contribution in [0.1, 0.15) is 15.9 Å². The molecule has 1 aromatic heterocycles. The Morgan fingerprint density at radius 1 is 1.11 bits per heavy atom. The highest BCUT2D eigenvalue weighted by atomic mass is 79.9. The Morgan fingerprint density at radius 2 is 1.79 bits per heavy atom. The molecule has 0 aliphatic heterocycles. The van der Waals surface area contributed by atoms with Crippen molar-refractivity contribution in [3.8, 4) is 11.1 Å². The molecule has 28 heavy (non-hydrogen) atoms. The van der Waals surface area contributed by atoms with Crippen LogP contribution < -0.4 is 5.32 Å². The highest BCUT2D eigenvalue weighted by molar-refractivity contribution is 9.10. The maximum atomic E-state index is 12.9. The molecule has 0 saturated carbocycles. The number of hydrogen-bond acceptors (Lipinski definition) is 4. The molecule has 1 N–H and O–H groups in total. The van der Waals surface area contributed by atoms with E-state index in [-0.39, 0.29) is 5.82 Å². The number of hydrogen-bond donors (Lipinski definition) is 1. The summed E-state index contributed by atoms with van der Waals surface area (Å²) in [6.07, 6.45) is 2.89. The fraction of sp³-hybridized carbons (Fsp3) is 0.0476. The Kier molecular flexibility index (Phi) is 6.38. The van der Waals surface area contributed by atoms with Crippen LogP contribution in [0, 0.1) is 5.82 Å². The van der Waals surface area contributed by atoms with Crippen LogP contribution in [0.2, 0.25) is 0 Å². The summed E-state index contributed by atoms with van der Waals surface area (Å²) < 4.78 is 18.8. The Morgan fingerprint density at radius 3 is 2.43 bits per heavy atom. The third kappa shape index (κ3) is 4.74. The van der Waals surface area contributed by atoms with Gasteiger partial charge in [-0.25, -0.2) is 9.18 Å². The summed E-state index contributed by atoms with van der Waals surface area (Å²) in [6, 6.07) is 13.3. The van der Waals surface area contributed by atoms with Crippen molar-refractivity contribution >= 4 is 50.2 Å². The molecule has 3 aromatic rings. The lowest BCUT2D eigenvalue weighted by atomic mass is 10.0. The van der Waals surface area contributed by atoms with Crippen LogP contribution in [-0.4, -0.2) is 19.0 Å². The molecule has 2 aromatic carbocycles. The number of ether oxygens (including phenoxy) is 1. The van der Waals surface area contributed by atoms with Crippen molar-refractivity contribution in [1.82, 2.24) is 0 Å². The van der Waals surface area contributed by atoms with E-state index in [1.165, 1.54) is 36.7 Å². The van der Waals surface area contributed by atoms with Gasteiger partial charge in [-0.2, -0.15) is 0 Å². The summed E-state index contributed by atoms with van der Waals surface area (Å²) in [7, 11) is 1.30. The minimum atomic E-state index is -0.531. The molecule has 1 heterocycles. The molecule has 0 radical (unpaired) electrons. The number of esters is 1. The van der Waals surface area contributed by atoms with Gasteiger partial charge in [-0.1, -0.05) is 40.2 Å². The van der Waals surface area contributed by atoms with Crippen molar-refractivity contribution in [2.24, 2.45) is 0 Å². The topological polar surface area (TPSA) is 55.4 Å². The van der Waals surface area contributed by atoms with Crippen LogP contribution in [0.15, 0.2) is 64.5 Å². The number of anilines is 1. The van der Waals surface area contributed by atoms with E-state index in [1.54, 1.807) is 23.6 Å². The lowest BCUT2D eigenvalue weighted by Gasteiger charge is -2.07. The zero-order valence-electron chi connectivity index (χ0n) is 14.7. The van der Waals surface area contributed by atoms with Gasteiger partial charge in [-0.15, -0.1) is 11.3 Å². The summed E-state index contributed by atoms with van der Waals surface area (Å²) in [4.78, 5) is 24.6. The summed E-state index contributed by atoms with van der Waals surface area (Å²) >= 11 is 4.63. The number of thiophene rings is 1. The second kappa shape index (κ2) is 8.95. The summed E-state index contributed by atoms with van der Waals surface area (Å²) in [5.74, 6) is -1.28. The van der Waals surface area contributed by atoms with Crippen LogP contribution in [-0.2, 0) is 9.53 Å². The third-order valence-electron chi connectivity index (χ3n) is 3.87. The van der Waals surface area contributed by atoms with Crippen molar-refractivity contribution in [2.45, 2.75) is 0 Å². The Balaban J connectivity index is 1.85. The largest absolute Gasteiger partial charge is 0.465 e. The van der Waals surface area contributed by atoms with Crippen molar-refractivity contribution < 1.29 is 18.7 Å². The van der Waals surface area contributed by atoms with Crippen molar-refractivity contribution in [3.05, 3.63) is 81.4 Å². The molecule has 0 atom stereocenters. The number of halogens is 2. The zero-order chi connectivity index (χ0) is 20.1. The average Bonchev–Trinajstić information content (AvgIpc) is 3.11. The number of methoxy groups -OCH3 is 1. The first-order valence-corrected chi connectivity index (χ1v) is 9.85. The van der Waals surface area contributed by atoms with Gasteiger partial charge in [0.25, 0.3) is 0 Å². The monoisotopic (exact) mass is 459 g/mol. The minimum absolute atomic E-state index is 0.304. The van der Waals surface area contributed by atoms with Gasteiger partial charge < -0.3 is 10.1 Å². The van der Waals surface area contributed by atoms with Crippen molar-refractivity contribution in [3.63, 3.8) is 0 Å². The van der Waals surface area contributed by atoms with Crippen molar-refractivity contribution in [2.75, 3.05) is 12.4 Å². The molecule has 0 spiro atoms. The SMILES string of the molecule is COC(=O)c1c(-c2ccc(Br)cc2)csc1NC(=O)C=Cc1ccc(F)cc1. The fourth-order valence-corrected chi connectivity index (χ4v) is 3.72. The number of carbonyl (C=O) groups excluding carboxylic acids is 2. The van der Waals surface area contributed by atoms with E-state index in [4.69, 9.17) is 4.74 Å². The normalized spacial score (nSPS) is 10.8. The molecular formula is C21H15BrFNO3S. The van der Waals surface area contributed by atoms with E-state index >= 15 is 0 Å². The van der Waals surface area contributed by atoms with Gasteiger partial charge in [0.2, 0.25) is 5.91 Å².